The van der Waals surface area contributed by atoms with Gasteiger partial charge in [0.15, 0.2) is 9.84 Å². The van der Waals surface area contributed by atoms with Crippen LogP contribution in [0.4, 0.5) is 5.69 Å². The highest BCUT2D eigenvalue weighted by atomic mass is 35.5. The first-order valence-electron chi connectivity index (χ1n) is 7.88. The number of anilines is 1. The highest BCUT2D eigenvalue weighted by Gasteiger charge is 2.28. The third-order valence-electron chi connectivity index (χ3n) is 4.77. The lowest BCUT2D eigenvalue weighted by Gasteiger charge is -2.32. The van der Waals surface area contributed by atoms with E-state index in [-0.39, 0.29) is 23.4 Å². The van der Waals surface area contributed by atoms with Crippen LogP contribution in [-0.2, 0) is 22.8 Å². The van der Waals surface area contributed by atoms with E-state index in [1.165, 1.54) is 16.8 Å². The molecule has 1 fully saturated rings. The fourth-order valence-electron chi connectivity index (χ4n) is 3.45. The smallest absolute Gasteiger partial charge is 0.152 e. The first-order valence-corrected chi connectivity index (χ1v) is 9.60. The molecule has 2 aliphatic rings. The Balaban J connectivity index is 0.00000176. The number of sulfone groups is 1. The number of rotatable bonds is 4. The van der Waals surface area contributed by atoms with Crippen LogP contribution >= 0.6 is 12.4 Å². The fourth-order valence-corrected chi connectivity index (χ4v) is 4.85. The third-order valence-corrected chi connectivity index (χ3v) is 7.06. The van der Waals surface area contributed by atoms with Crippen molar-refractivity contribution in [2.45, 2.75) is 38.0 Å². The number of nitrogens with one attached hydrogen (secondary N) is 1. The Morgan fingerprint density at radius 3 is 2.68 bits per heavy atom. The molecule has 2 aliphatic heterocycles. The predicted octanol–water partition coefficient (Wildman–Crippen LogP) is 2.48. The second-order valence-electron chi connectivity index (χ2n) is 6.06. The maximum Gasteiger partial charge on any atom is 0.152 e. The van der Waals surface area contributed by atoms with Crippen molar-refractivity contribution in [3.8, 4) is 0 Å². The number of piperidine rings is 1. The Kier molecular flexibility index (Phi) is 5.75. The van der Waals surface area contributed by atoms with Crippen molar-refractivity contribution < 1.29 is 8.42 Å². The molecule has 6 heteroatoms. The van der Waals surface area contributed by atoms with Crippen molar-refractivity contribution in [3.63, 3.8) is 0 Å². The monoisotopic (exact) mass is 344 g/mol. The standard InChI is InChI=1S/C16H24N2O2S.ClH/c1-2-21(19,20)15-7-10-18(11-8-15)12-14-5-3-4-13-6-9-17-16(13)14;/h3-5,15,17H,2,6-12H2,1H3;1H. The summed E-state index contributed by atoms with van der Waals surface area (Å²) in [5, 5.41) is 3.35. The van der Waals surface area contributed by atoms with Crippen molar-refractivity contribution >= 4 is 27.9 Å². The summed E-state index contributed by atoms with van der Waals surface area (Å²) in [6.45, 7) is 5.47. The van der Waals surface area contributed by atoms with Gasteiger partial charge in [-0.25, -0.2) is 8.42 Å². The van der Waals surface area contributed by atoms with Crippen molar-refractivity contribution in [2.24, 2.45) is 0 Å². The highest BCUT2D eigenvalue weighted by molar-refractivity contribution is 7.92. The number of para-hydroxylation sites is 1. The first kappa shape index (κ1) is 17.6. The highest BCUT2D eigenvalue weighted by Crippen LogP contribution is 2.28. The molecular weight excluding hydrogens is 320 g/mol. The van der Waals surface area contributed by atoms with Crippen LogP contribution in [0.15, 0.2) is 18.2 Å². The van der Waals surface area contributed by atoms with Gasteiger partial charge in [-0.1, -0.05) is 25.1 Å². The van der Waals surface area contributed by atoms with Crippen LogP contribution in [0.5, 0.6) is 0 Å². The van der Waals surface area contributed by atoms with Gasteiger partial charge in [0.1, 0.15) is 0 Å². The number of likely N-dealkylation sites (tertiary alicyclic amines) is 1. The first-order chi connectivity index (χ1) is 10.1. The molecule has 1 aromatic rings. The molecule has 4 nitrogen and oxygen atoms in total. The zero-order valence-corrected chi connectivity index (χ0v) is 14.7. The number of halogens is 1. The van der Waals surface area contributed by atoms with Gasteiger partial charge in [0.2, 0.25) is 0 Å². The molecule has 0 amide bonds. The van der Waals surface area contributed by atoms with Gasteiger partial charge in [0, 0.05) is 24.5 Å². The van der Waals surface area contributed by atoms with E-state index in [1.54, 1.807) is 6.92 Å². The minimum absolute atomic E-state index is 0. The normalized spacial score (nSPS) is 19.3. The SMILES string of the molecule is CCS(=O)(=O)C1CCN(Cc2cccc3c2NCC3)CC1.Cl. The maximum absolute atomic E-state index is 11.9. The van der Waals surface area contributed by atoms with E-state index in [9.17, 15) is 8.42 Å². The number of benzene rings is 1. The van der Waals surface area contributed by atoms with E-state index < -0.39 is 9.84 Å². The minimum atomic E-state index is -2.87. The molecule has 22 heavy (non-hydrogen) atoms. The van der Waals surface area contributed by atoms with Gasteiger partial charge in [-0.2, -0.15) is 0 Å². The molecule has 1 aromatic carbocycles. The van der Waals surface area contributed by atoms with Gasteiger partial charge in [0.05, 0.1) is 5.25 Å². The Morgan fingerprint density at radius 2 is 2.00 bits per heavy atom. The van der Waals surface area contributed by atoms with Crippen LogP contribution in [0.2, 0.25) is 0 Å². The number of hydrogen-bond acceptors (Lipinski definition) is 4. The van der Waals surface area contributed by atoms with Crippen LogP contribution < -0.4 is 5.32 Å². The van der Waals surface area contributed by atoms with Gasteiger partial charge < -0.3 is 5.32 Å². The summed E-state index contributed by atoms with van der Waals surface area (Å²) in [7, 11) is -2.87. The average molecular weight is 345 g/mol. The fraction of sp³-hybridized carbons (Fsp3) is 0.625. The van der Waals surface area contributed by atoms with Gasteiger partial charge in [-0.05, 0) is 43.5 Å². The Morgan fingerprint density at radius 1 is 1.27 bits per heavy atom. The predicted molar refractivity (Wildman–Crippen MR) is 93.6 cm³/mol. The molecule has 0 unspecified atom stereocenters. The molecule has 1 N–H and O–H groups in total. The number of fused-ring (bicyclic) bond motifs is 1. The van der Waals surface area contributed by atoms with Crippen molar-refractivity contribution in [1.82, 2.24) is 4.90 Å². The molecule has 2 heterocycles. The van der Waals surface area contributed by atoms with Crippen LogP contribution in [0.1, 0.15) is 30.9 Å². The molecule has 3 rings (SSSR count). The van der Waals surface area contributed by atoms with Crippen molar-refractivity contribution in [1.29, 1.82) is 0 Å². The quantitative estimate of drug-likeness (QED) is 0.911. The second-order valence-corrected chi connectivity index (χ2v) is 8.62. The Labute approximate surface area is 139 Å². The minimum Gasteiger partial charge on any atom is -0.384 e. The summed E-state index contributed by atoms with van der Waals surface area (Å²) >= 11 is 0. The lowest BCUT2D eigenvalue weighted by atomic mass is 10.1. The summed E-state index contributed by atoms with van der Waals surface area (Å²) in [5.74, 6) is 0.272. The van der Waals surface area contributed by atoms with Gasteiger partial charge in [-0.3, -0.25) is 4.90 Å². The molecule has 0 spiro atoms. The topological polar surface area (TPSA) is 49.4 Å². The molecule has 124 valence electrons. The molecule has 0 atom stereocenters. The van der Waals surface area contributed by atoms with E-state index in [1.807, 2.05) is 0 Å². The van der Waals surface area contributed by atoms with Crippen LogP contribution in [0.25, 0.3) is 0 Å². The maximum atomic E-state index is 11.9. The zero-order valence-electron chi connectivity index (χ0n) is 13.0. The van der Waals surface area contributed by atoms with E-state index in [2.05, 4.69) is 28.4 Å². The lowest BCUT2D eigenvalue weighted by Crippen LogP contribution is -2.39. The molecule has 0 aromatic heterocycles. The largest absolute Gasteiger partial charge is 0.384 e. The Bertz CT molecular complexity index is 611. The summed E-state index contributed by atoms with van der Waals surface area (Å²) in [6.07, 6.45) is 2.66. The zero-order chi connectivity index (χ0) is 14.9. The molecule has 0 saturated carbocycles. The average Bonchev–Trinajstić information content (AvgIpc) is 2.97. The second kappa shape index (κ2) is 7.20. The number of nitrogens with zero attached hydrogens (tertiary/aromatic N) is 1. The molecule has 1 saturated heterocycles. The third kappa shape index (κ3) is 3.58. The summed E-state index contributed by atoms with van der Waals surface area (Å²) in [6, 6.07) is 6.51. The van der Waals surface area contributed by atoms with Crippen molar-refractivity contribution in [2.75, 3.05) is 30.7 Å². The Hall–Kier alpha value is -0.780. The molecular formula is C16H25ClN2O2S. The van der Waals surface area contributed by atoms with E-state index in [4.69, 9.17) is 0 Å². The van der Waals surface area contributed by atoms with E-state index in [0.717, 1.165) is 45.4 Å². The van der Waals surface area contributed by atoms with Crippen LogP contribution in [0, 0.1) is 0 Å². The number of hydrogen-bond donors (Lipinski definition) is 1. The lowest BCUT2D eigenvalue weighted by molar-refractivity contribution is 0.222. The van der Waals surface area contributed by atoms with Gasteiger partial charge in [0.25, 0.3) is 0 Å². The van der Waals surface area contributed by atoms with E-state index >= 15 is 0 Å². The van der Waals surface area contributed by atoms with Crippen LogP contribution in [-0.4, -0.2) is 44.0 Å². The van der Waals surface area contributed by atoms with Crippen LogP contribution in [0.3, 0.4) is 0 Å². The van der Waals surface area contributed by atoms with E-state index in [0.29, 0.717) is 0 Å². The molecule has 0 radical (unpaired) electrons. The van der Waals surface area contributed by atoms with Crippen molar-refractivity contribution in [3.05, 3.63) is 29.3 Å². The van der Waals surface area contributed by atoms with Gasteiger partial charge >= 0.3 is 0 Å². The summed E-state index contributed by atoms with van der Waals surface area (Å²) in [5.41, 5.74) is 4.07. The summed E-state index contributed by atoms with van der Waals surface area (Å²) in [4.78, 5) is 2.39. The molecule has 0 bridgehead atoms. The summed E-state index contributed by atoms with van der Waals surface area (Å²) < 4.78 is 23.9. The molecule has 0 aliphatic carbocycles. The van der Waals surface area contributed by atoms with Gasteiger partial charge in [-0.15, -0.1) is 12.4 Å².